The van der Waals surface area contributed by atoms with E-state index in [1.807, 2.05) is 17.5 Å². The minimum absolute atomic E-state index is 0.204. The highest BCUT2D eigenvalue weighted by Crippen LogP contribution is 2.21. The van der Waals surface area contributed by atoms with Crippen molar-refractivity contribution in [2.45, 2.75) is 6.42 Å². The first kappa shape index (κ1) is 9.79. The van der Waals surface area contributed by atoms with Gasteiger partial charge in [-0.25, -0.2) is 4.98 Å². The van der Waals surface area contributed by atoms with E-state index in [0.29, 0.717) is 0 Å². The molecule has 0 aliphatic rings. The monoisotopic (exact) mass is 219 g/mol. The molecule has 0 aliphatic carbocycles. The van der Waals surface area contributed by atoms with Crippen LogP contribution < -0.4 is 5.73 Å². The number of nitrogens with zero attached hydrogens (tertiary/aromatic N) is 2. The molecule has 0 aliphatic heterocycles. The van der Waals surface area contributed by atoms with Crippen LogP contribution >= 0.6 is 11.3 Å². The van der Waals surface area contributed by atoms with E-state index in [-0.39, 0.29) is 12.3 Å². The molecule has 0 aromatic carbocycles. The van der Waals surface area contributed by atoms with Crippen LogP contribution in [0.4, 0.5) is 0 Å². The van der Waals surface area contributed by atoms with E-state index in [9.17, 15) is 4.79 Å². The second-order valence-electron chi connectivity index (χ2n) is 3.01. The molecule has 0 bridgehead atoms. The summed E-state index contributed by atoms with van der Waals surface area (Å²) in [7, 11) is 0. The molecule has 76 valence electrons. The van der Waals surface area contributed by atoms with Gasteiger partial charge < -0.3 is 5.73 Å². The first-order valence-electron chi connectivity index (χ1n) is 4.39. The van der Waals surface area contributed by atoms with Gasteiger partial charge in [-0.3, -0.25) is 9.78 Å². The van der Waals surface area contributed by atoms with Gasteiger partial charge in [0.25, 0.3) is 0 Å². The summed E-state index contributed by atoms with van der Waals surface area (Å²) in [5, 5.41) is 2.66. The first-order valence-corrected chi connectivity index (χ1v) is 5.27. The maximum Gasteiger partial charge on any atom is 0.224 e. The maximum atomic E-state index is 10.7. The average molecular weight is 219 g/mol. The highest BCUT2D eigenvalue weighted by Gasteiger charge is 2.06. The number of hydrogen-bond acceptors (Lipinski definition) is 4. The number of aromatic nitrogens is 2. The fourth-order valence-corrected chi connectivity index (χ4v) is 2.01. The Balaban J connectivity index is 2.24. The summed E-state index contributed by atoms with van der Waals surface area (Å²) in [5.74, 6) is -0.356. The Hall–Kier alpha value is -1.75. The molecule has 15 heavy (non-hydrogen) atoms. The van der Waals surface area contributed by atoms with Crippen molar-refractivity contribution in [3.63, 3.8) is 0 Å². The third-order valence-electron chi connectivity index (χ3n) is 1.85. The molecule has 1 amide bonds. The van der Waals surface area contributed by atoms with Crippen LogP contribution in [-0.4, -0.2) is 15.9 Å². The van der Waals surface area contributed by atoms with Gasteiger partial charge >= 0.3 is 0 Å². The van der Waals surface area contributed by atoms with E-state index >= 15 is 0 Å². The lowest BCUT2D eigenvalue weighted by Crippen LogP contribution is -2.13. The molecule has 2 aromatic heterocycles. The van der Waals surface area contributed by atoms with Crippen molar-refractivity contribution in [1.82, 2.24) is 9.97 Å². The SMILES string of the molecule is NC(=O)Cc1nc(-c2ccncc2)cs1. The van der Waals surface area contributed by atoms with Crippen molar-refractivity contribution in [3.05, 3.63) is 34.9 Å². The summed E-state index contributed by atoms with van der Waals surface area (Å²) >= 11 is 1.44. The minimum atomic E-state index is -0.356. The number of nitrogens with two attached hydrogens (primary N) is 1. The van der Waals surface area contributed by atoms with Crippen LogP contribution in [-0.2, 0) is 11.2 Å². The Labute approximate surface area is 90.8 Å². The summed E-state index contributed by atoms with van der Waals surface area (Å²) < 4.78 is 0. The molecule has 2 N–H and O–H groups in total. The van der Waals surface area contributed by atoms with Gasteiger partial charge in [0.05, 0.1) is 12.1 Å². The van der Waals surface area contributed by atoms with Gasteiger partial charge in [-0.05, 0) is 12.1 Å². The van der Waals surface area contributed by atoms with Crippen LogP contribution in [0.3, 0.4) is 0 Å². The Morgan fingerprint density at radius 3 is 2.80 bits per heavy atom. The molecule has 2 heterocycles. The predicted molar refractivity (Wildman–Crippen MR) is 58.2 cm³/mol. The highest BCUT2D eigenvalue weighted by molar-refractivity contribution is 7.10. The fraction of sp³-hybridized carbons (Fsp3) is 0.100. The van der Waals surface area contributed by atoms with Crippen LogP contribution in [0.2, 0.25) is 0 Å². The van der Waals surface area contributed by atoms with Crippen molar-refractivity contribution in [2.75, 3.05) is 0 Å². The lowest BCUT2D eigenvalue weighted by atomic mass is 10.2. The molecular weight excluding hydrogens is 210 g/mol. The van der Waals surface area contributed by atoms with E-state index in [1.165, 1.54) is 11.3 Å². The first-order chi connectivity index (χ1) is 7.25. The quantitative estimate of drug-likeness (QED) is 0.844. The number of amides is 1. The Morgan fingerprint density at radius 2 is 2.13 bits per heavy atom. The van der Waals surface area contributed by atoms with Gasteiger partial charge in [-0.1, -0.05) is 0 Å². The minimum Gasteiger partial charge on any atom is -0.369 e. The highest BCUT2D eigenvalue weighted by atomic mass is 32.1. The third kappa shape index (κ3) is 2.38. The molecule has 2 rings (SSSR count). The standard InChI is InChI=1S/C10H9N3OS/c11-9(14)5-10-13-8(6-15-10)7-1-3-12-4-2-7/h1-4,6H,5H2,(H2,11,14). The van der Waals surface area contributed by atoms with Gasteiger partial charge in [0, 0.05) is 23.3 Å². The lowest BCUT2D eigenvalue weighted by molar-refractivity contribution is -0.117. The third-order valence-corrected chi connectivity index (χ3v) is 2.70. The van der Waals surface area contributed by atoms with E-state index in [4.69, 9.17) is 5.73 Å². The summed E-state index contributed by atoms with van der Waals surface area (Å²) in [6, 6.07) is 3.76. The molecule has 0 saturated carbocycles. The normalized spacial score (nSPS) is 10.1. The number of pyridine rings is 1. The zero-order valence-corrected chi connectivity index (χ0v) is 8.70. The molecule has 0 fully saturated rings. The zero-order valence-electron chi connectivity index (χ0n) is 7.88. The number of thiazole rings is 1. The van der Waals surface area contributed by atoms with Crippen LogP contribution in [0, 0.1) is 0 Å². The summed E-state index contributed by atoms with van der Waals surface area (Å²) in [6.45, 7) is 0. The number of rotatable bonds is 3. The smallest absolute Gasteiger partial charge is 0.224 e. The zero-order chi connectivity index (χ0) is 10.7. The van der Waals surface area contributed by atoms with E-state index in [2.05, 4.69) is 9.97 Å². The van der Waals surface area contributed by atoms with Crippen LogP contribution in [0.1, 0.15) is 5.01 Å². The Bertz CT molecular complexity index is 467. The Kier molecular flexibility index (Phi) is 2.73. The molecule has 4 nitrogen and oxygen atoms in total. The number of hydrogen-bond donors (Lipinski definition) is 1. The number of primary amides is 1. The molecule has 0 saturated heterocycles. The molecule has 5 heteroatoms. The van der Waals surface area contributed by atoms with Crippen LogP contribution in [0.15, 0.2) is 29.9 Å². The summed E-state index contributed by atoms with van der Waals surface area (Å²) in [6.07, 6.45) is 3.63. The number of carbonyl (C=O) groups excluding carboxylic acids is 1. The summed E-state index contributed by atoms with van der Waals surface area (Å²) in [5.41, 5.74) is 6.95. The Morgan fingerprint density at radius 1 is 1.40 bits per heavy atom. The van der Waals surface area contributed by atoms with Crippen LogP contribution in [0.5, 0.6) is 0 Å². The molecular formula is C10H9N3OS. The van der Waals surface area contributed by atoms with Crippen molar-refractivity contribution < 1.29 is 4.79 Å². The molecule has 0 radical (unpaired) electrons. The molecule has 0 spiro atoms. The van der Waals surface area contributed by atoms with Gasteiger partial charge in [0.15, 0.2) is 0 Å². The van der Waals surface area contributed by atoms with Crippen molar-refractivity contribution in [3.8, 4) is 11.3 Å². The van der Waals surface area contributed by atoms with E-state index < -0.39 is 0 Å². The number of carbonyl (C=O) groups is 1. The van der Waals surface area contributed by atoms with Crippen molar-refractivity contribution in [2.24, 2.45) is 5.73 Å². The topological polar surface area (TPSA) is 68.9 Å². The van der Waals surface area contributed by atoms with Gasteiger partial charge in [0.2, 0.25) is 5.91 Å². The molecule has 2 aromatic rings. The van der Waals surface area contributed by atoms with Crippen molar-refractivity contribution >= 4 is 17.2 Å². The van der Waals surface area contributed by atoms with E-state index in [0.717, 1.165) is 16.3 Å². The molecule has 0 atom stereocenters. The second kappa shape index (κ2) is 4.18. The lowest BCUT2D eigenvalue weighted by Gasteiger charge is -1.93. The van der Waals surface area contributed by atoms with E-state index in [1.54, 1.807) is 12.4 Å². The van der Waals surface area contributed by atoms with Gasteiger partial charge in [0.1, 0.15) is 5.01 Å². The van der Waals surface area contributed by atoms with Crippen molar-refractivity contribution in [1.29, 1.82) is 0 Å². The second-order valence-corrected chi connectivity index (χ2v) is 3.95. The average Bonchev–Trinajstić information content (AvgIpc) is 2.67. The maximum absolute atomic E-state index is 10.7. The summed E-state index contributed by atoms with van der Waals surface area (Å²) in [4.78, 5) is 18.9. The van der Waals surface area contributed by atoms with Gasteiger partial charge in [-0.15, -0.1) is 11.3 Å². The van der Waals surface area contributed by atoms with Gasteiger partial charge in [-0.2, -0.15) is 0 Å². The predicted octanol–water partition coefficient (Wildman–Crippen LogP) is 1.23. The molecule has 0 unspecified atom stereocenters. The fourth-order valence-electron chi connectivity index (χ4n) is 1.20. The largest absolute Gasteiger partial charge is 0.369 e. The van der Waals surface area contributed by atoms with Crippen LogP contribution in [0.25, 0.3) is 11.3 Å².